The van der Waals surface area contributed by atoms with Gasteiger partial charge in [0, 0.05) is 25.4 Å². The van der Waals surface area contributed by atoms with Crippen LogP contribution in [0.2, 0.25) is 0 Å². The smallest absolute Gasteiger partial charge is 0.302 e. The summed E-state index contributed by atoms with van der Waals surface area (Å²) in [6.07, 6.45) is -0.157. The van der Waals surface area contributed by atoms with Gasteiger partial charge in [0.1, 0.15) is 0 Å². The zero-order valence-electron chi connectivity index (χ0n) is 10.7. The maximum absolute atomic E-state index is 13.1. The highest BCUT2D eigenvalue weighted by atomic mass is 32.3. The van der Waals surface area contributed by atoms with Crippen molar-refractivity contribution < 1.29 is 30.3 Å². The van der Waals surface area contributed by atoms with Gasteiger partial charge in [0.05, 0.1) is 5.75 Å². The topological polar surface area (TPSA) is 54.5 Å². The molecule has 1 amide bonds. The molecule has 1 aromatic carbocycles. The fraction of sp³-hybridized carbons (Fsp3) is 0.417. The molecule has 0 bridgehead atoms. The monoisotopic (exact) mass is 325 g/mol. The molecule has 9 heteroatoms. The Morgan fingerprint density at radius 3 is 2.29 bits per heavy atom. The Hall–Kier alpha value is -1.64. The lowest BCUT2D eigenvalue weighted by atomic mass is 10.1. The summed E-state index contributed by atoms with van der Waals surface area (Å²) in [5, 5.41) is 0. The van der Waals surface area contributed by atoms with Gasteiger partial charge in [-0.1, -0.05) is 0 Å². The van der Waals surface area contributed by atoms with Crippen LogP contribution in [-0.4, -0.2) is 31.5 Å². The molecule has 1 unspecified atom stereocenters. The van der Waals surface area contributed by atoms with E-state index in [-0.39, 0.29) is 25.1 Å². The van der Waals surface area contributed by atoms with E-state index in [1.165, 1.54) is 0 Å². The molecule has 1 heterocycles. The van der Waals surface area contributed by atoms with Crippen molar-refractivity contribution in [3.63, 3.8) is 0 Å². The van der Waals surface area contributed by atoms with E-state index in [0.717, 1.165) is 17.0 Å². The summed E-state index contributed by atoms with van der Waals surface area (Å²) in [6.45, 7) is -0.238. The minimum atomic E-state index is -4.69. The van der Waals surface area contributed by atoms with Crippen LogP contribution in [0.15, 0.2) is 12.1 Å². The van der Waals surface area contributed by atoms with Crippen LogP contribution in [0.1, 0.15) is 12.0 Å². The molecule has 116 valence electrons. The van der Waals surface area contributed by atoms with Crippen LogP contribution >= 0.6 is 0 Å². The van der Waals surface area contributed by atoms with Gasteiger partial charge in [-0.15, -0.1) is 3.89 Å². The molecular weight excluding hydrogens is 314 g/mol. The van der Waals surface area contributed by atoms with Gasteiger partial charge in [-0.3, -0.25) is 4.79 Å². The number of benzene rings is 1. The van der Waals surface area contributed by atoms with Crippen molar-refractivity contribution in [1.29, 1.82) is 0 Å². The molecule has 1 atom stereocenters. The van der Waals surface area contributed by atoms with E-state index in [9.17, 15) is 30.3 Å². The van der Waals surface area contributed by atoms with Crippen LogP contribution in [-0.2, 0) is 21.6 Å². The SMILES string of the molecule is O=C1CC(CS(=O)(=O)F)CN1Cc1cc(F)c(F)c(F)c1. The van der Waals surface area contributed by atoms with Gasteiger partial charge in [-0.25, -0.2) is 13.2 Å². The Morgan fingerprint density at radius 2 is 1.76 bits per heavy atom. The van der Waals surface area contributed by atoms with E-state index < -0.39 is 45.3 Å². The van der Waals surface area contributed by atoms with Gasteiger partial charge in [-0.2, -0.15) is 8.42 Å². The van der Waals surface area contributed by atoms with E-state index in [0.29, 0.717) is 0 Å². The highest BCUT2D eigenvalue weighted by molar-refractivity contribution is 7.86. The summed E-state index contributed by atoms with van der Waals surface area (Å²) in [5.74, 6) is -6.29. The first-order valence-electron chi connectivity index (χ1n) is 5.99. The van der Waals surface area contributed by atoms with Gasteiger partial charge in [-0.05, 0) is 17.7 Å². The first-order chi connectivity index (χ1) is 9.65. The summed E-state index contributed by atoms with van der Waals surface area (Å²) < 4.78 is 72.6. The Kier molecular flexibility index (Phi) is 4.22. The Labute approximate surface area is 118 Å². The van der Waals surface area contributed by atoms with Crippen LogP contribution in [0, 0.1) is 23.4 Å². The number of hydrogen-bond donors (Lipinski definition) is 0. The normalized spacial score (nSPS) is 19.3. The lowest BCUT2D eigenvalue weighted by Crippen LogP contribution is -2.25. The minimum absolute atomic E-state index is 0.0310. The second-order valence-corrected chi connectivity index (χ2v) is 6.33. The summed E-state index contributed by atoms with van der Waals surface area (Å²) in [6, 6.07) is 1.51. The van der Waals surface area contributed by atoms with Gasteiger partial charge in [0.2, 0.25) is 5.91 Å². The molecule has 0 spiro atoms. The molecule has 1 saturated heterocycles. The number of carbonyl (C=O) groups excluding carboxylic acids is 1. The average Bonchev–Trinajstić information content (AvgIpc) is 2.64. The molecule has 1 aliphatic heterocycles. The molecule has 0 radical (unpaired) electrons. The first-order valence-corrected chi connectivity index (χ1v) is 7.54. The molecule has 21 heavy (non-hydrogen) atoms. The van der Waals surface area contributed by atoms with Crippen molar-refractivity contribution in [2.75, 3.05) is 12.3 Å². The molecule has 0 aliphatic carbocycles. The van der Waals surface area contributed by atoms with Crippen molar-refractivity contribution in [3.8, 4) is 0 Å². The molecule has 2 rings (SSSR count). The molecule has 4 nitrogen and oxygen atoms in total. The number of likely N-dealkylation sites (tertiary alicyclic amines) is 1. The lowest BCUT2D eigenvalue weighted by molar-refractivity contribution is -0.128. The number of amides is 1. The van der Waals surface area contributed by atoms with Gasteiger partial charge < -0.3 is 4.90 Å². The highest BCUT2D eigenvalue weighted by Gasteiger charge is 2.33. The minimum Gasteiger partial charge on any atom is -0.338 e. The number of carbonyl (C=O) groups is 1. The number of rotatable bonds is 4. The van der Waals surface area contributed by atoms with Crippen molar-refractivity contribution in [1.82, 2.24) is 4.90 Å². The predicted octanol–water partition coefficient (Wildman–Crippen LogP) is 1.75. The van der Waals surface area contributed by atoms with E-state index in [4.69, 9.17) is 0 Å². The van der Waals surface area contributed by atoms with Crippen LogP contribution in [0.3, 0.4) is 0 Å². The van der Waals surface area contributed by atoms with E-state index in [1.807, 2.05) is 0 Å². The summed E-state index contributed by atoms with van der Waals surface area (Å²) in [4.78, 5) is 12.8. The Bertz CT molecular complexity index is 654. The summed E-state index contributed by atoms with van der Waals surface area (Å²) in [5.41, 5.74) is 0.0310. The van der Waals surface area contributed by atoms with Crippen LogP contribution < -0.4 is 0 Å². The van der Waals surface area contributed by atoms with E-state index in [1.54, 1.807) is 0 Å². The second-order valence-electron chi connectivity index (χ2n) is 4.92. The first kappa shape index (κ1) is 15.7. The summed E-state index contributed by atoms with van der Waals surface area (Å²) >= 11 is 0. The zero-order chi connectivity index (χ0) is 15.8. The lowest BCUT2D eigenvalue weighted by Gasteiger charge is -2.16. The Balaban J connectivity index is 2.09. The second kappa shape index (κ2) is 5.63. The maximum atomic E-state index is 13.1. The third-order valence-electron chi connectivity index (χ3n) is 3.15. The molecular formula is C12H11F4NO3S. The third kappa shape index (κ3) is 3.93. The van der Waals surface area contributed by atoms with Gasteiger partial charge in [0.25, 0.3) is 0 Å². The largest absolute Gasteiger partial charge is 0.338 e. The molecule has 0 saturated carbocycles. The van der Waals surface area contributed by atoms with Crippen molar-refractivity contribution in [3.05, 3.63) is 35.1 Å². The van der Waals surface area contributed by atoms with Crippen LogP contribution in [0.4, 0.5) is 17.1 Å². The number of nitrogens with zero attached hydrogens (tertiary/aromatic N) is 1. The molecule has 0 aromatic heterocycles. The molecule has 1 aromatic rings. The highest BCUT2D eigenvalue weighted by Crippen LogP contribution is 2.23. The fourth-order valence-electron chi connectivity index (χ4n) is 2.32. The molecule has 0 N–H and O–H groups in total. The summed E-state index contributed by atoms with van der Waals surface area (Å²) in [7, 11) is -4.69. The number of hydrogen-bond acceptors (Lipinski definition) is 3. The average molecular weight is 325 g/mol. The van der Waals surface area contributed by atoms with E-state index >= 15 is 0 Å². The molecule has 1 fully saturated rings. The quantitative estimate of drug-likeness (QED) is 0.481. The van der Waals surface area contributed by atoms with Gasteiger partial charge >= 0.3 is 10.2 Å². The molecule has 1 aliphatic rings. The zero-order valence-corrected chi connectivity index (χ0v) is 11.5. The van der Waals surface area contributed by atoms with Crippen molar-refractivity contribution >= 4 is 16.1 Å². The Morgan fingerprint density at radius 1 is 1.19 bits per heavy atom. The number of halogens is 4. The van der Waals surface area contributed by atoms with Crippen LogP contribution in [0.25, 0.3) is 0 Å². The fourth-order valence-corrected chi connectivity index (χ4v) is 3.11. The predicted molar refractivity (Wildman–Crippen MR) is 64.7 cm³/mol. The van der Waals surface area contributed by atoms with E-state index in [2.05, 4.69) is 0 Å². The van der Waals surface area contributed by atoms with Gasteiger partial charge in [0.15, 0.2) is 17.5 Å². The van der Waals surface area contributed by atoms with Crippen LogP contribution in [0.5, 0.6) is 0 Å². The third-order valence-corrected chi connectivity index (χ3v) is 4.02. The van der Waals surface area contributed by atoms with Crippen molar-refractivity contribution in [2.45, 2.75) is 13.0 Å². The standard InChI is InChI=1S/C12H11F4NO3S/c13-9-1-7(2-10(14)12(9)15)4-17-5-8(3-11(17)18)6-21(16,19)20/h1-2,8H,3-6H2. The van der Waals surface area contributed by atoms with Crippen molar-refractivity contribution in [2.24, 2.45) is 5.92 Å². The maximum Gasteiger partial charge on any atom is 0.302 e.